The Morgan fingerprint density at radius 1 is 1.40 bits per heavy atom. The summed E-state index contributed by atoms with van der Waals surface area (Å²) in [6.07, 6.45) is 0.176. The first-order valence-electron chi connectivity index (χ1n) is 4.62. The molecular weight excluding hydrogens is 214 g/mol. The van der Waals surface area contributed by atoms with Crippen molar-refractivity contribution in [2.75, 3.05) is 0 Å². The Kier molecular flexibility index (Phi) is 3.58. The van der Waals surface area contributed by atoms with E-state index in [9.17, 15) is 4.79 Å². The van der Waals surface area contributed by atoms with E-state index in [4.69, 9.17) is 22.1 Å². The van der Waals surface area contributed by atoms with Crippen molar-refractivity contribution in [1.29, 1.82) is 0 Å². The second kappa shape index (κ2) is 4.53. The Bertz CT molecular complexity index is 346. The molecule has 4 heteroatoms. The van der Waals surface area contributed by atoms with Crippen molar-refractivity contribution in [3.8, 4) is 5.75 Å². The van der Waals surface area contributed by atoms with Crippen LogP contribution in [0.1, 0.15) is 20.3 Å². The molecule has 1 aromatic rings. The maximum atomic E-state index is 10.8. The van der Waals surface area contributed by atoms with E-state index in [0.29, 0.717) is 10.8 Å². The van der Waals surface area contributed by atoms with Crippen LogP contribution in [0.5, 0.6) is 5.75 Å². The average molecular weight is 228 g/mol. The zero-order chi connectivity index (χ0) is 11.5. The number of rotatable bonds is 4. The standard InChI is InChI=1S/C11H14ClNO2/c1-11(2,7-10(13)14)15-9-5-3-8(12)4-6-9/h3-6H,7H2,1-2H3,(H2,13,14). The van der Waals surface area contributed by atoms with Gasteiger partial charge in [-0.1, -0.05) is 11.6 Å². The SMILES string of the molecule is CC(C)(CC(N)=O)Oc1ccc(Cl)cc1. The van der Waals surface area contributed by atoms with Gasteiger partial charge in [0.25, 0.3) is 0 Å². The molecule has 15 heavy (non-hydrogen) atoms. The number of nitrogens with two attached hydrogens (primary N) is 1. The van der Waals surface area contributed by atoms with Gasteiger partial charge in [0.1, 0.15) is 11.4 Å². The number of hydrogen-bond acceptors (Lipinski definition) is 2. The minimum absolute atomic E-state index is 0.176. The van der Waals surface area contributed by atoms with Crippen LogP contribution in [0.4, 0.5) is 0 Å². The minimum atomic E-state index is -0.598. The van der Waals surface area contributed by atoms with Crippen molar-refractivity contribution < 1.29 is 9.53 Å². The lowest BCUT2D eigenvalue weighted by Gasteiger charge is -2.25. The molecule has 0 spiro atoms. The van der Waals surface area contributed by atoms with Gasteiger partial charge in [-0.25, -0.2) is 0 Å². The molecule has 0 atom stereocenters. The fraction of sp³-hybridized carbons (Fsp3) is 0.364. The van der Waals surface area contributed by atoms with Crippen molar-refractivity contribution in [3.63, 3.8) is 0 Å². The highest BCUT2D eigenvalue weighted by Gasteiger charge is 2.22. The molecule has 0 fully saturated rings. The number of carbonyl (C=O) groups is 1. The molecule has 0 aliphatic carbocycles. The first-order chi connectivity index (χ1) is 6.89. The topological polar surface area (TPSA) is 52.3 Å². The van der Waals surface area contributed by atoms with Crippen LogP contribution >= 0.6 is 11.6 Å². The van der Waals surface area contributed by atoms with Gasteiger partial charge >= 0.3 is 0 Å². The smallest absolute Gasteiger partial charge is 0.221 e. The Morgan fingerprint density at radius 3 is 2.40 bits per heavy atom. The Morgan fingerprint density at radius 2 is 1.93 bits per heavy atom. The molecule has 2 N–H and O–H groups in total. The van der Waals surface area contributed by atoms with Gasteiger partial charge in [-0.3, -0.25) is 4.79 Å². The van der Waals surface area contributed by atoms with Crippen molar-refractivity contribution in [1.82, 2.24) is 0 Å². The van der Waals surface area contributed by atoms with Crippen LogP contribution in [-0.4, -0.2) is 11.5 Å². The molecule has 0 radical (unpaired) electrons. The molecule has 0 bridgehead atoms. The predicted octanol–water partition coefficient (Wildman–Crippen LogP) is 2.37. The molecular formula is C11H14ClNO2. The predicted molar refractivity (Wildman–Crippen MR) is 60.0 cm³/mol. The number of halogens is 1. The van der Waals surface area contributed by atoms with E-state index in [-0.39, 0.29) is 12.3 Å². The number of benzene rings is 1. The molecule has 0 aliphatic rings. The van der Waals surface area contributed by atoms with Crippen LogP contribution in [0.3, 0.4) is 0 Å². The third-order valence-corrected chi connectivity index (χ3v) is 2.06. The number of hydrogen-bond donors (Lipinski definition) is 1. The molecule has 0 heterocycles. The summed E-state index contributed by atoms with van der Waals surface area (Å²) in [5.41, 5.74) is 4.52. The van der Waals surface area contributed by atoms with Crippen LogP contribution in [0, 0.1) is 0 Å². The highest BCUT2D eigenvalue weighted by molar-refractivity contribution is 6.30. The quantitative estimate of drug-likeness (QED) is 0.859. The third kappa shape index (κ3) is 4.21. The maximum Gasteiger partial charge on any atom is 0.221 e. The summed E-state index contributed by atoms with van der Waals surface area (Å²) in [6.45, 7) is 3.62. The van der Waals surface area contributed by atoms with E-state index in [0.717, 1.165) is 0 Å². The molecule has 1 aromatic carbocycles. The first-order valence-corrected chi connectivity index (χ1v) is 5.00. The lowest BCUT2D eigenvalue weighted by atomic mass is 10.0. The van der Waals surface area contributed by atoms with E-state index >= 15 is 0 Å². The van der Waals surface area contributed by atoms with E-state index in [1.807, 2.05) is 13.8 Å². The van der Waals surface area contributed by atoms with Crippen LogP contribution < -0.4 is 10.5 Å². The van der Waals surface area contributed by atoms with Gasteiger partial charge in [0, 0.05) is 5.02 Å². The van der Waals surface area contributed by atoms with Crippen LogP contribution in [-0.2, 0) is 4.79 Å². The summed E-state index contributed by atoms with van der Waals surface area (Å²) in [5, 5.41) is 0.648. The van der Waals surface area contributed by atoms with Crippen molar-refractivity contribution in [2.24, 2.45) is 5.73 Å². The van der Waals surface area contributed by atoms with Gasteiger partial charge in [-0.2, -0.15) is 0 Å². The van der Waals surface area contributed by atoms with E-state index in [2.05, 4.69) is 0 Å². The fourth-order valence-corrected chi connectivity index (χ4v) is 1.40. The van der Waals surface area contributed by atoms with E-state index < -0.39 is 5.60 Å². The Hall–Kier alpha value is -1.22. The van der Waals surface area contributed by atoms with Gasteiger partial charge in [0.15, 0.2) is 0 Å². The second-order valence-electron chi connectivity index (χ2n) is 3.96. The Labute approximate surface area is 94.2 Å². The zero-order valence-electron chi connectivity index (χ0n) is 8.79. The molecule has 0 saturated carbocycles. The van der Waals surface area contributed by atoms with Gasteiger partial charge < -0.3 is 10.5 Å². The normalized spacial score (nSPS) is 11.1. The molecule has 0 aliphatic heterocycles. The largest absolute Gasteiger partial charge is 0.487 e. The number of carbonyl (C=O) groups excluding carboxylic acids is 1. The van der Waals surface area contributed by atoms with Gasteiger partial charge in [-0.05, 0) is 38.1 Å². The van der Waals surface area contributed by atoms with E-state index in [1.165, 1.54) is 0 Å². The number of ether oxygens (including phenoxy) is 1. The second-order valence-corrected chi connectivity index (χ2v) is 4.40. The molecule has 0 aromatic heterocycles. The highest BCUT2D eigenvalue weighted by Crippen LogP contribution is 2.22. The highest BCUT2D eigenvalue weighted by atomic mass is 35.5. The molecule has 0 unspecified atom stereocenters. The number of primary amides is 1. The van der Waals surface area contributed by atoms with Crippen molar-refractivity contribution >= 4 is 17.5 Å². The van der Waals surface area contributed by atoms with Crippen LogP contribution in [0.25, 0.3) is 0 Å². The zero-order valence-corrected chi connectivity index (χ0v) is 9.54. The fourth-order valence-electron chi connectivity index (χ4n) is 1.28. The van der Waals surface area contributed by atoms with Gasteiger partial charge in [-0.15, -0.1) is 0 Å². The lowest BCUT2D eigenvalue weighted by Crippen LogP contribution is -2.33. The first kappa shape index (κ1) is 11.9. The molecule has 0 saturated heterocycles. The van der Waals surface area contributed by atoms with Gasteiger partial charge in [0.2, 0.25) is 5.91 Å². The van der Waals surface area contributed by atoms with Crippen LogP contribution in [0.15, 0.2) is 24.3 Å². The maximum absolute atomic E-state index is 10.8. The summed E-state index contributed by atoms with van der Waals surface area (Å²) in [5.74, 6) is 0.291. The molecule has 3 nitrogen and oxygen atoms in total. The lowest BCUT2D eigenvalue weighted by molar-refractivity contribution is -0.121. The van der Waals surface area contributed by atoms with Gasteiger partial charge in [0.05, 0.1) is 6.42 Å². The summed E-state index contributed by atoms with van der Waals surface area (Å²) >= 11 is 5.74. The summed E-state index contributed by atoms with van der Waals surface area (Å²) in [4.78, 5) is 10.8. The molecule has 1 rings (SSSR count). The molecule has 1 amide bonds. The van der Waals surface area contributed by atoms with Crippen molar-refractivity contribution in [2.45, 2.75) is 25.9 Å². The van der Waals surface area contributed by atoms with E-state index in [1.54, 1.807) is 24.3 Å². The Balaban J connectivity index is 2.68. The summed E-state index contributed by atoms with van der Waals surface area (Å²) in [6, 6.07) is 6.98. The summed E-state index contributed by atoms with van der Waals surface area (Å²) < 4.78 is 5.61. The van der Waals surface area contributed by atoms with Crippen LogP contribution in [0.2, 0.25) is 5.02 Å². The monoisotopic (exact) mass is 227 g/mol. The van der Waals surface area contributed by atoms with Crippen molar-refractivity contribution in [3.05, 3.63) is 29.3 Å². The summed E-state index contributed by atoms with van der Waals surface area (Å²) in [7, 11) is 0. The third-order valence-electron chi connectivity index (χ3n) is 1.81. The minimum Gasteiger partial charge on any atom is -0.487 e. The average Bonchev–Trinajstić information content (AvgIpc) is 2.06. The number of amides is 1. The molecule has 82 valence electrons.